The van der Waals surface area contributed by atoms with Gasteiger partial charge < -0.3 is 10.1 Å². The van der Waals surface area contributed by atoms with Gasteiger partial charge in [0.25, 0.3) is 0 Å². The van der Waals surface area contributed by atoms with Gasteiger partial charge in [-0.15, -0.1) is 0 Å². The second-order valence-corrected chi connectivity index (χ2v) is 4.85. The summed E-state index contributed by atoms with van der Waals surface area (Å²) < 4.78 is 5.19. The lowest BCUT2D eigenvalue weighted by Crippen LogP contribution is -2.05. The molecule has 0 amide bonds. The number of rotatable bonds is 5. The Labute approximate surface area is 120 Å². The molecule has 0 radical (unpaired) electrons. The van der Waals surface area contributed by atoms with Gasteiger partial charge in [0.05, 0.1) is 12.3 Å². The van der Waals surface area contributed by atoms with Gasteiger partial charge in [0.1, 0.15) is 5.82 Å². The molecule has 0 saturated heterocycles. The van der Waals surface area contributed by atoms with Gasteiger partial charge >= 0.3 is 0 Å². The Morgan fingerprint density at radius 1 is 1.15 bits per heavy atom. The maximum Gasteiger partial charge on any atom is 0.162 e. The van der Waals surface area contributed by atoms with Crippen molar-refractivity contribution in [3.63, 3.8) is 0 Å². The second-order valence-electron chi connectivity index (χ2n) is 4.85. The number of aromatic nitrogens is 2. The monoisotopic (exact) mass is 271 g/mol. The summed E-state index contributed by atoms with van der Waals surface area (Å²) >= 11 is 0. The first kappa shape index (κ1) is 14.5. The predicted octanol–water partition coefficient (Wildman–Crippen LogP) is 3.34. The highest BCUT2D eigenvalue weighted by Crippen LogP contribution is 2.23. The molecule has 106 valence electrons. The van der Waals surface area contributed by atoms with E-state index in [2.05, 4.69) is 54.3 Å². The summed E-state index contributed by atoms with van der Waals surface area (Å²) in [6.07, 6.45) is 0. The fourth-order valence-corrected chi connectivity index (χ4v) is 2.09. The molecule has 4 nitrogen and oxygen atoms in total. The summed E-state index contributed by atoms with van der Waals surface area (Å²) in [7, 11) is 1.67. The highest BCUT2D eigenvalue weighted by atomic mass is 16.5. The van der Waals surface area contributed by atoms with Gasteiger partial charge in [-0.25, -0.2) is 9.97 Å². The predicted molar refractivity (Wildman–Crippen MR) is 81.8 cm³/mol. The van der Waals surface area contributed by atoms with Crippen molar-refractivity contribution in [1.82, 2.24) is 9.97 Å². The van der Waals surface area contributed by atoms with E-state index in [0.717, 1.165) is 29.4 Å². The van der Waals surface area contributed by atoms with Crippen molar-refractivity contribution >= 4 is 5.82 Å². The smallest absolute Gasteiger partial charge is 0.162 e. The van der Waals surface area contributed by atoms with Gasteiger partial charge in [-0.2, -0.15) is 0 Å². The SMILES string of the molecule is CCNc1cc(COC)nc(-c2cc(C)ccc2C)n1. The van der Waals surface area contributed by atoms with Crippen LogP contribution in [-0.4, -0.2) is 23.6 Å². The van der Waals surface area contributed by atoms with E-state index in [0.29, 0.717) is 6.61 Å². The lowest BCUT2D eigenvalue weighted by Gasteiger charge is -2.11. The molecule has 0 aliphatic rings. The quantitative estimate of drug-likeness (QED) is 0.906. The fourth-order valence-electron chi connectivity index (χ4n) is 2.09. The summed E-state index contributed by atoms with van der Waals surface area (Å²) in [5, 5.41) is 3.24. The number of nitrogens with zero attached hydrogens (tertiary/aromatic N) is 2. The number of nitrogens with one attached hydrogen (secondary N) is 1. The third-order valence-corrected chi connectivity index (χ3v) is 3.06. The van der Waals surface area contributed by atoms with E-state index in [-0.39, 0.29) is 0 Å². The largest absolute Gasteiger partial charge is 0.378 e. The normalized spacial score (nSPS) is 10.6. The van der Waals surface area contributed by atoms with Crippen LogP contribution in [0.25, 0.3) is 11.4 Å². The molecule has 0 aliphatic carbocycles. The van der Waals surface area contributed by atoms with Crippen LogP contribution in [0.3, 0.4) is 0 Å². The number of benzene rings is 1. The molecule has 0 saturated carbocycles. The first-order valence-electron chi connectivity index (χ1n) is 6.82. The first-order chi connectivity index (χ1) is 9.63. The van der Waals surface area contributed by atoms with Gasteiger partial charge in [0.2, 0.25) is 0 Å². The molecule has 0 spiro atoms. The third-order valence-electron chi connectivity index (χ3n) is 3.06. The standard InChI is InChI=1S/C16H21N3O/c1-5-17-15-9-13(10-20-4)18-16(19-15)14-8-11(2)6-7-12(14)3/h6-9H,5,10H2,1-4H3,(H,17,18,19). The van der Waals surface area contributed by atoms with E-state index in [1.165, 1.54) is 11.1 Å². The molecule has 2 aromatic rings. The molecular formula is C16H21N3O. The number of hydrogen-bond acceptors (Lipinski definition) is 4. The van der Waals surface area contributed by atoms with Crippen molar-refractivity contribution in [1.29, 1.82) is 0 Å². The van der Waals surface area contributed by atoms with Crippen LogP contribution in [0, 0.1) is 13.8 Å². The van der Waals surface area contributed by atoms with Gasteiger partial charge in [0.15, 0.2) is 5.82 Å². The van der Waals surface area contributed by atoms with Crippen LogP contribution < -0.4 is 5.32 Å². The number of aryl methyl sites for hydroxylation is 2. The van der Waals surface area contributed by atoms with Crippen molar-refractivity contribution in [2.45, 2.75) is 27.4 Å². The number of methoxy groups -OCH3 is 1. The summed E-state index contributed by atoms with van der Waals surface area (Å²) in [6, 6.07) is 8.26. The Hall–Kier alpha value is -1.94. The molecule has 4 heteroatoms. The van der Waals surface area contributed by atoms with Crippen LogP contribution in [0.1, 0.15) is 23.7 Å². The topological polar surface area (TPSA) is 47.0 Å². The highest BCUT2D eigenvalue weighted by Gasteiger charge is 2.09. The molecular weight excluding hydrogens is 250 g/mol. The lowest BCUT2D eigenvalue weighted by molar-refractivity contribution is 0.181. The van der Waals surface area contributed by atoms with Gasteiger partial charge in [-0.1, -0.05) is 17.7 Å². The van der Waals surface area contributed by atoms with E-state index in [1.54, 1.807) is 7.11 Å². The molecule has 2 rings (SSSR count). The Bertz CT molecular complexity index is 572. The molecule has 1 heterocycles. The summed E-state index contributed by atoms with van der Waals surface area (Å²) in [4.78, 5) is 9.20. The Morgan fingerprint density at radius 3 is 2.65 bits per heavy atom. The van der Waals surface area contributed by atoms with Crippen LogP contribution in [-0.2, 0) is 11.3 Å². The van der Waals surface area contributed by atoms with Crippen LogP contribution in [0.5, 0.6) is 0 Å². The van der Waals surface area contributed by atoms with Crippen molar-refractivity contribution in [3.8, 4) is 11.4 Å². The Kier molecular flexibility index (Phi) is 4.69. The zero-order valence-corrected chi connectivity index (χ0v) is 12.5. The van der Waals surface area contributed by atoms with Crippen molar-refractivity contribution in [3.05, 3.63) is 41.1 Å². The van der Waals surface area contributed by atoms with Crippen LogP contribution in [0.4, 0.5) is 5.82 Å². The summed E-state index contributed by atoms with van der Waals surface area (Å²) in [6.45, 7) is 7.52. The Morgan fingerprint density at radius 2 is 1.95 bits per heavy atom. The average Bonchev–Trinajstić information content (AvgIpc) is 2.42. The fraction of sp³-hybridized carbons (Fsp3) is 0.375. The third kappa shape index (κ3) is 3.33. The minimum Gasteiger partial charge on any atom is -0.378 e. The average molecular weight is 271 g/mol. The molecule has 0 atom stereocenters. The first-order valence-corrected chi connectivity index (χ1v) is 6.82. The van der Waals surface area contributed by atoms with E-state index < -0.39 is 0 Å². The minimum atomic E-state index is 0.485. The van der Waals surface area contributed by atoms with Crippen LogP contribution in [0.2, 0.25) is 0 Å². The number of hydrogen-bond donors (Lipinski definition) is 1. The summed E-state index contributed by atoms with van der Waals surface area (Å²) in [5.41, 5.74) is 4.33. The van der Waals surface area contributed by atoms with E-state index >= 15 is 0 Å². The summed E-state index contributed by atoms with van der Waals surface area (Å²) in [5.74, 6) is 1.59. The van der Waals surface area contributed by atoms with E-state index in [4.69, 9.17) is 4.74 Å². The maximum absolute atomic E-state index is 5.19. The van der Waals surface area contributed by atoms with Gasteiger partial charge in [-0.05, 0) is 32.4 Å². The zero-order valence-electron chi connectivity index (χ0n) is 12.5. The molecule has 0 aliphatic heterocycles. The number of ether oxygens (including phenoxy) is 1. The molecule has 1 N–H and O–H groups in total. The maximum atomic E-state index is 5.19. The van der Waals surface area contributed by atoms with Gasteiger partial charge in [-0.3, -0.25) is 0 Å². The molecule has 1 aromatic carbocycles. The molecule has 20 heavy (non-hydrogen) atoms. The highest BCUT2D eigenvalue weighted by molar-refractivity contribution is 5.62. The zero-order chi connectivity index (χ0) is 14.5. The molecule has 1 aromatic heterocycles. The Balaban J connectivity index is 2.51. The lowest BCUT2D eigenvalue weighted by atomic mass is 10.1. The van der Waals surface area contributed by atoms with Gasteiger partial charge in [0, 0.05) is 25.3 Å². The van der Waals surface area contributed by atoms with Crippen LogP contribution >= 0.6 is 0 Å². The second kappa shape index (κ2) is 6.48. The van der Waals surface area contributed by atoms with Crippen molar-refractivity contribution < 1.29 is 4.74 Å². The minimum absolute atomic E-state index is 0.485. The van der Waals surface area contributed by atoms with Crippen LogP contribution in [0.15, 0.2) is 24.3 Å². The molecule has 0 unspecified atom stereocenters. The van der Waals surface area contributed by atoms with Crippen molar-refractivity contribution in [2.75, 3.05) is 19.0 Å². The molecule has 0 fully saturated rings. The number of anilines is 1. The van der Waals surface area contributed by atoms with E-state index in [1.807, 2.05) is 6.07 Å². The van der Waals surface area contributed by atoms with Crippen molar-refractivity contribution in [2.24, 2.45) is 0 Å². The molecule has 0 bridgehead atoms. The van der Waals surface area contributed by atoms with E-state index in [9.17, 15) is 0 Å².